The molecule has 0 amide bonds. The lowest BCUT2D eigenvalue weighted by atomic mass is 9.81. The molecular formula is C41H28O. The van der Waals surface area contributed by atoms with Gasteiger partial charge in [-0.3, -0.25) is 0 Å². The molecule has 8 aromatic rings. The van der Waals surface area contributed by atoms with Crippen LogP contribution in [0.4, 0.5) is 0 Å². The Balaban J connectivity index is 1.44. The summed E-state index contributed by atoms with van der Waals surface area (Å²) in [5, 5.41) is 7.27. The van der Waals surface area contributed by atoms with Crippen LogP contribution in [0.1, 0.15) is 25.0 Å². The fourth-order valence-corrected chi connectivity index (χ4v) is 7.52. The molecule has 1 aliphatic rings. The van der Waals surface area contributed by atoms with Gasteiger partial charge in [-0.15, -0.1) is 0 Å². The van der Waals surface area contributed by atoms with Gasteiger partial charge < -0.3 is 4.42 Å². The van der Waals surface area contributed by atoms with Crippen molar-refractivity contribution in [3.8, 4) is 33.4 Å². The van der Waals surface area contributed by atoms with Crippen LogP contribution in [-0.2, 0) is 5.41 Å². The molecule has 7 aromatic carbocycles. The fourth-order valence-electron chi connectivity index (χ4n) is 7.52. The second-order valence-electron chi connectivity index (χ2n) is 12.1. The van der Waals surface area contributed by atoms with Gasteiger partial charge in [-0.1, -0.05) is 135 Å². The van der Waals surface area contributed by atoms with Gasteiger partial charge >= 0.3 is 0 Å². The first-order chi connectivity index (χ1) is 20.6. The Labute approximate surface area is 244 Å². The van der Waals surface area contributed by atoms with Crippen molar-refractivity contribution < 1.29 is 4.42 Å². The second-order valence-corrected chi connectivity index (χ2v) is 12.1. The Morgan fingerprint density at radius 1 is 0.476 bits per heavy atom. The number of fused-ring (bicyclic) bond motifs is 8. The fraction of sp³-hybridized carbons (Fsp3) is 0.0732. The van der Waals surface area contributed by atoms with Crippen LogP contribution in [0.25, 0.3) is 76.9 Å². The van der Waals surface area contributed by atoms with E-state index >= 15 is 0 Å². The van der Waals surface area contributed by atoms with Crippen molar-refractivity contribution in [1.82, 2.24) is 0 Å². The minimum Gasteiger partial charge on any atom is -0.455 e. The molecule has 9 rings (SSSR count). The van der Waals surface area contributed by atoms with Crippen LogP contribution in [0.15, 0.2) is 138 Å². The predicted molar refractivity (Wildman–Crippen MR) is 177 cm³/mol. The van der Waals surface area contributed by atoms with Gasteiger partial charge in [-0.05, 0) is 67.1 Å². The molecule has 0 atom stereocenters. The molecule has 1 heteroatoms. The summed E-state index contributed by atoms with van der Waals surface area (Å²) >= 11 is 0. The summed E-state index contributed by atoms with van der Waals surface area (Å²) in [5.41, 5.74) is 12.0. The quantitative estimate of drug-likeness (QED) is 0.214. The van der Waals surface area contributed by atoms with Crippen molar-refractivity contribution in [2.45, 2.75) is 19.3 Å². The van der Waals surface area contributed by atoms with Crippen molar-refractivity contribution in [2.24, 2.45) is 0 Å². The summed E-state index contributed by atoms with van der Waals surface area (Å²) in [6.45, 7) is 4.69. The van der Waals surface area contributed by atoms with E-state index < -0.39 is 0 Å². The largest absolute Gasteiger partial charge is 0.455 e. The molecule has 0 aliphatic heterocycles. The molecule has 42 heavy (non-hydrogen) atoms. The van der Waals surface area contributed by atoms with Crippen molar-refractivity contribution in [3.63, 3.8) is 0 Å². The second kappa shape index (κ2) is 8.44. The molecule has 0 unspecified atom stereocenters. The first-order valence-electron chi connectivity index (χ1n) is 14.7. The summed E-state index contributed by atoms with van der Waals surface area (Å²) in [4.78, 5) is 0. The number of furan rings is 1. The summed E-state index contributed by atoms with van der Waals surface area (Å²) in [5.74, 6) is 0. The molecule has 0 bridgehead atoms. The SMILES string of the molecule is CC1(C)c2ccccc2-c2ccc(-c3c4ccccc4c(-c4cccc5ccccc45)c4c3oc3ccccc34)cc21. The third kappa shape index (κ3) is 3.08. The van der Waals surface area contributed by atoms with E-state index in [0.717, 1.165) is 22.1 Å². The Hall–Kier alpha value is -5.14. The monoisotopic (exact) mass is 536 g/mol. The number of hydrogen-bond acceptors (Lipinski definition) is 1. The van der Waals surface area contributed by atoms with Gasteiger partial charge in [-0.2, -0.15) is 0 Å². The highest BCUT2D eigenvalue weighted by Gasteiger charge is 2.35. The molecule has 0 radical (unpaired) electrons. The third-order valence-electron chi connectivity index (χ3n) is 9.47. The predicted octanol–water partition coefficient (Wildman–Crippen LogP) is 11.5. The molecule has 0 saturated carbocycles. The van der Waals surface area contributed by atoms with Gasteiger partial charge in [0.1, 0.15) is 11.2 Å². The number of para-hydroxylation sites is 1. The van der Waals surface area contributed by atoms with E-state index in [1.54, 1.807) is 0 Å². The zero-order valence-electron chi connectivity index (χ0n) is 23.6. The number of rotatable bonds is 2. The zero-order chi connectivity index (χ0) is 28.0. The molecule has 0 spiro atoms. The molecule has 1 aromatic heterocycles. The van der Waals surface area contributed by atoms with Gasteiger partial charge in [0, 0.05) is 27.3 Å². The van der Waals surface area contributed by atoms with E-state index in [1.165, 1.54) is 65.9 Å². The number of hydrogen-bond donors (Lipinski definition) is 0. The number of benzene rings is 7. The Morgan fingerprint density at radius 3 is 1.95 bits per heavy atom. The highest BCUT2D eigenvalue weighted by Crippen LogP contribution is 2.52. The smallest absolute Gasteiger partial charge is 0.144 e. The van der Waals surface area contributed by atoms with E-state index in [1.807, 2.05) is 0 Å². The summed E-state index contributed by atoms with van der Waals surface area (Å²) < 4.78 is 6.85. The lowest BCUT2D eigenvalue weighted by molar-refractivity contribution is 0.660. The van der Waals surface area contributed by atoms with Gasteiger partial charge in [-0.25, -0.2) is 0 Å². The molecule has 0 saturated heterocycles. The first kappa shape index (κ1) is 23.6. The van der Waals surface area contributed by atoms with Crippen LogP contribution in [-0.4, -0.2) is 0 Å². The maximum absolute atomic E-state index is 6.85. The van der Waals surface area contributed by atoms with Crippen LogP contribution in [0.2, 0.25) is 0 Å². The molecule has 0 fully saturated rings. The van der Waals surface area contributed by atoms with E-state index in [2.05, 4.69) is 147 Å². The molecule has 198 valence electrons. The van der Waals surface area contributed by atoms with E-state index in [0.29, 0.717) is 0 Å². The summed E-state index contributed by atoms with van der Waals surface area (Å²) in [6, 6.07) is 48.5. The average molecular weight is 537 g/mol. The van der Waals surface area contributed by atoms with Crippen molar-refractivity contribution in [1.29, 1.82) is 0 Å². The zero-order valence-corrected chi connectivity index (χ0v) is 23.6. The van der Waals surface area contributed by atoms with Crippen LogP contribution in [0.3, 0.4) is 0 Å². The minimum absolute atomic E-state index is 0.0758. The highest BCUT2D eigenvalue weighted by molar-refractivity contribution is 6.28. The Bertz CT molecular complexity index is 2380. The first-order valence-corrected chi connectivity index (χ1v) is 14.7. The standard InChI is InChI=1S/C41H28O/c1-41(2)34-20-9-7-15-28(34)29-23-22-26(24-35(29)41)37-31-16-5-6-17-32(31)38(30-19-11-13-25-12-3-4-14-27(25)30)39-33-18-8-10-21-36(33)42-40(37)39/h3-24H,1-2H3. The van der Waals surface area contributed by atoms with E-state index in [9.17, 15) is 0 Å². The minimum atomic E-state index is -0.0758. The molecule has 1 heterocycles. The summed E-state index contributed by atoms with van der Waals surface area (Å²) in [6.07, 6.45) is 0. The van der Waals surface area contributed by atoms with Gasteiger partial charge in [0.15, 0.2) is 0 Å². The summed E-state index contributed by atoms with van der Waals surface area (Å²) in [7, 11) is 0. The Kier molecular flexibility index (Phi) is 4.73. The average Bonchev–Trinajstić information content (AvgIpc) is 3.52. The maximum Gasteiger partial charge on any atom is 0.144 e. The lowest BCUT2D eigenvalue weighted by Gasteiger charge is -2.22. The van der Waals surface area contributed by atoms with Crippen LogP contribution in [0.5, 0.6) is 0 Å². The van der Waals surface area contributed by atoms with E-state index in [-0.39, 0.29) is 5.41 Å². The van der Waals surface area contributed by atoms with Crippen molar-refractivity contribution in [3.05, 3.63) is 145 Å². The molecule has 0 N–H and O–H groups in total. The Morgan fingerprint density at radius 2 is 1.10 bits per heavy atom. The third-order valence-corrected chi connectivity index (χ3v) is 9.47. The van der Waals surface area contributed by atoms with Crippen LogP contribution in [0, 0.1) is 0 Å². The highest BCUT2D eigenvalue weighted by atomic mass is 16.3. The van der Waals surface area contributed by atoms with E-state index in [4.69, 9.17) is 4.42 Å². The molecule has 1 aliphatic carbocycles. The lowest BCUT2D eigenvalue weighted by Crippen LogP contribution is -2.14. The van der Waals surface area contributed by atoms with Gasteiger partial charge in [0.05, 0.1) is 0 Å². The molecule has 1 nitrogen and oxygen atoms in total. The van der Waals surface area contributed by atoms with Crippen LogP contribution < -0.4 is 0 Å². The van der Waals surface area contributed by atoms with Gasteiger partial charge in [0.2, 0.25) is 0 Å². The van der Waals surface area contributed by atoms with Crippen molar-refractivity contribution >= 4 is 43.5 Å². The normalized spacial score (nSPS) is 13.7. The molecular weight excluding hydrogens is 508 g/mol. The van der Waals surface area contributed by atoms with Crippen LogP contribution >= 0.6 is 0 Å². The topological polar surface area (TPSA) is 13.1 Å². The maximum atomic E-state index is 6.85. The van der Waals surface area contributed by atoms with Crippen molar-refractivity contribution in [2.75, 3.05) is 0 Å². The van der Waals surface area contributed by atoms with Gasteiger partial charge in [0.25, 0.3) is 0 Å².